The highest BCUT2D eigenvalue weighted by atomic mass is 16.5. The van der Waals surface area contributed by atoms with Gasteiger partial charge in [0.15, 0.2) is 0 Å². The first-order valence-electron chi connectivity index (χ1n) is 9.87. The van der Waals surface area contributed by atoms with Crippen LogP contribution in [0.4, 0.5) is 5.69 Å². The summed E-state index contributed by atoms with van der Waals surface area (Å²) in [5.74, 6) is 0.588. The molecule has 0 fully saturated rings. The molecule has 0 atom stereocenters. The molecule has 1 N–H and O–H groups in total. The second-order valence-corrected chi connectivity index (χ2v) is 6.69. The molecule has 0 bridgehead atoms. The first kappa shape index (κ1) is 20.8. The van der Waals surface area contributed by atoms with Crippen molar-refractivity contribution >= 4 is 11.7 Å². The number of anilines is 1. The van der Waals surface area contributed by atoms with Crippen LogP contribution in [0, 0.1) is 0 Å². The van der Waals surface area contributed by atoms with E-state index in [0.29, 0.717) is 12.1 Å². The van der Waals surface area contributed by atoms with Gasteiger partial charge < -0.3 is 14.8 Å². The van der Waals surface area contributed by atoms with Crippen LogP contribution in [0.25, 0.3) is 0 Å². The van der Waals surface area contributed by atoms with Crippen molar-refractivity contribution in [2.75, 3.05) is 19.0 Å². The highest BCUT2D eigenvalue weighted by molar-refractivity contribution is 5.90. The number of hydrogen-bond donors (Lipinski definition) is 1. The molecule has 146 valence electrons. The van der Waals surface area contributed by atoms with E-state index in [1.807, 2.05) is 24.3 Å². The quantitative estimate of drug-likeness (QED) is 0.378. The van der Waals surface area contributed by atoms with Crippen molar-refractivity contribution in [2.45, 2.75) is 52.0 Å². The van der Waals surface area contributed by atoms with Gasteiger partial charge in [0.25, 0.3) is 0 Å². The number of benzene rings is 2. The molecule has 2 rings (SSSR count). The normalized spacial score (nSPS) is 10.4. The Morgan fingerprint density at radius 1 is 0.963 bits per heavy atom. The van der Waals surface area contributed by atoms with Gasteiger partial charge in [-0.1, -0.05) is 57.2 Å². The topological polar surface area (TPSA) is 47.6 Å². The molecule has 0 aliphatic rings. The summed E-state index contributed by atoms with van der Waals surface area (Å²) >= 11 is 0. The standard InChI is InChI=1S/C23H31NO3/c1-3-4-5-6-7-8-16-27-22-14-12-19(13-15-22)18-24-21-11-9-10-20(17-21)23(25)26-2/h9-15,17,24H,3-8,16,18H2,1-2H3. The molecule has 4 heteroatoms. The van der Waals surface area contributed by atoms with Crippen LogP contribution in [0.5, 0.6) is 5.75 Å². The Hall–Kier alpha value is -2.49. The van der Waals surface area contributed by atoms with Crippen molar-refractivity contribution in [1.82, 2.24) is 0 Å². The Balaban J connectivity index is 1.72. The van der Waals surface area contributed by atoms with Gasteiger partial charge in [-0.25, -0.2) is 4.79 Å². The van der Waals surface area contributed by atoms with E-state index in [-0.39, 0.29) is 5.97 Å². The predicted octanol–water partition coefficient (Wildman–Crippen LogP) is 5.82. The lowest BCUT2D eigenvalue weighted by atomic mass is 10.1. The number of hydrogen-bond acceptors (Lipinski definition) is 4. The Labute approximate surface area is 162 Å². The third kappa shape index (κ3) is 7.73. The number of carbonyl (C=O) groups excluding carboxylic acids is 1. The van der Waals surface area contributed by atoms with E-state index in [4.69, 9.17) is 9.47 Å². The van der Waals surface area contributed by atoms with Crippen molar-refractivity contribution in [3.63, 3.8) is 0 Å². The summed E-state index contributed by atoms with van der Waals surface area (Å²) in [5.41, 5.74) is 2.59. The highest BCUT2D eigenvalue weighted by Crippen LogP contribution is 2.16. The summed E-state index contributed by atoms with van der Waals surface area (Å²) in [7, 11) is 1.39. The molecule has 4 nitrogen and oxygen atoms in total. The minimum atomic E-state index is -0.328. The van der Waals surface area contributed by atoms with Crippen LogP contribution < -0.4 is 10.1 Å². The summed E-state index contributed by atoms with van der Waals surface area (Å²) in [4.78, 5) is 11.6. The highest BCUT2D eigenvalue weighted by Gasteiger charge is 2.05. The number of esters is 1. The van der Waals surface area contributed by atoms with E-state index in [0.717, 1.165) is 30.0 Å². The molecule has 0 unspecified atom stereocenters. The van der Waals surface area contributed by atoms with E-state index in [1.54, 1.807) is 12.1 Å². The van der Waals surface area contributed by atoms with E-state index in [1.165, 1.54) is 39.2 Å². The minimum absolute atomic E-state index is 0.328. The fraction of sp³-hybridized carbons (Fsp3) is 0.435. The maximum absolute atomic E-state index is 11.6. The van der Waals surface area contributed by atoms with Gasteiger partial charge in [0.2, 0.25) is 0 Å². The zero-order chi connectivity index (χ0) is 19.3. The lowest BCUT2D eigenvalue weighted by Crippen LogP contribution is -2.04. The third-order valence-electron chi connectivity index (χ3n) is 4.47. The van der Waals surface area contributed by atoms with Gasteiger partial charge in [0.05, 0.1) is 19.3 Å². The number of rotatable bonds is 12. The van der Waals surface area contributed by atoms with Crippen LogP contribution in [0.15, 0.2) is 48.5 Å². The van der Waals surface area contributed by atoms with Gasteiger partial charge in [0, 0.05) is 12.2 Å². The largest absolute Gasteiger partial charge is 0.494 e. The van der Waals surface area contributed by atoms with Crippen molar-refractivity contribution in [2.24, 2.45) is 0 Å². The molecular formula is C23H31NO3. The fourth-order valence-electron chi connectivity index (χ4n) is 2.85. The van der Waals surface area contributed by atoms with E-state index in [2.05, 4.69) is 24.4 Å². The zero-order valence-electron chi connectivity index (χ0n) is 16.5. The fourth-order valence-corrected chi connectivity index (χ4v) is 2.85. The minimum Gasteiger partial charge on any atom is -0.494 e. The van der Waals surface area contributed by atoms with Crippen molar-refractivity contribution < 1.29 is 14.3 Å². The summed E-state index contributed by atoms with van der Waals surface area (Å²) in [6.07, 6.45) is 7.62. The van der Waals surface area contributed by atoms with Gasteiger partial charge in [-0.2, -0.15) is 0 Å². The maximum Gasteiger partial charge on any atom is 0.337 e. The van der Waals surface area contributed by atoms with Crippen LogP contribution >= 0.6 is 0 Å². The monoisotopic (exact) mass is 369 g/mol. The first-order chi connectivity index (χ1) is 13.2. The molecule has 0 heterocycles. The summed E-state index contributed by atoms with van der Waals surface area (Å²) < 4.78 is 10.6. The van der Waals surface area contributed by atoms with Crippen LogP contribution in [-0.2, 0) is 11.3 Å². The Kier molecular flexibility index (Phi) is 9.25. The summed E-state index contributed by atoms with van der Waals surface area (Å²) in [6.45, 7) is 3.70. The van der Waals surface area contributed by atoms with Gasteiger partial charge >= 0.3 is 5.97 Å². The van der Waals surface area contributed by atoms with Crippen molar-refractivity contribution in [1.29, 1.82) is 0 Å². The van der Waals surface area contributed by atoms with Crippen molar-refractivity contribution in [3.05, 3.63) is 59.7 Å². The molecule has 2 aromatic carbocycles. The second kappa shape index (κ2) is 12.0. The van der Waals surface area contributed by atoms with Crippen LogP contribution in [-0.4, -0.2) is 19.7 Å². The number of nitrogens with one attached hydrogen (secondary N) is 1. The number of unbranched alkanes of at least 4 members (excludes halogenated alkanes) is 5. The Bertz CT molecular complexity index is 682. The zero-order valence-corrected chi connectivity index (χ0v) is 16.5. The molecule has 0 aromatic heterocycles. The summed E-state index contributed by atoms with van der Waals surface area (Å²) in [5, 5.41) is 3.33. The smallest absolute Gasteiger partial charge is 0.337 e. The number of methoxy groups -OCH3 is 1. The van der Waals surface area contributed by atoms with E-state index in [9.17, 15) is 4.79 Å². The van der Waals surface area contributed by atoms with Crippen LogP contribution in [0.1, 0.15) is 61.4 Å². The SMILES string of the molecule is CCCCCCCCOc1ccc(CNc2cccc(C(=O)OC)c2)cc1. The summed E-state index contributed by atoms with van der Waals surface area (Å²) in [6, 6.07) is 15.5. The molecule has 0 saturated carbocycles. The molecule has 0 amide bonds. The lowest BCUT2D eigenvalue weighted by molar-refractivity contribution is 0.0601. The average molecular weight is 370 g/mol. The first-order valence-corrected chi connectivity index (χ1v) is 9.87. The van der Waals surface area contributed by atoms with E-state index < -0.39 is 0 Å². The number of carbonyl (C=O) groups is 1. The van der Waals surface area contributed by atoms with Gasteiger partial charge in [-0.3, -0.25) is 0 Å². The molecule has 0 radical (unpaired) electrons. The second-order valence-electron chi connectivity index (χ2n) is 6.69. The average Bonchev–Trinajstić information content (AvgIpc) is 2.72. The third-order valence-corrected chi connectivity index (χ3v) is 4.47. The number of ether oxygens (including phenoxy) is 2. The molecular weight excluding hydrogens is 338 g/mol. The van der Waals surface area contributed by atoms with Gasteiger partial charge in [-0.05, 0) is 42.3 Å². The van der Waals surface area contributed by atoms with Crippen LogP contribution in [0.2, 0.25) is 0 Å². The van der Waals surface area contributed by atoms with Gasteiger partial charge in [0.1, 0.15) is 5.75 Å². The molecule has 0 spiro atoms. The van der Waals surface area contributed by atoms with Crippen molar-refractivity contribution in [3.8, 4) is 5.75 Å². The molecule has 0 aliphatic carbocycles. The van der Waals surface area contributed by atoms with Gasteiger partial charge in [-0.15, -0.1) is 0 Å². The molecule has 27 heavy (non-hydrogen) atoms. The predicted molar refractivity (Wildman–Crippen MR) is 110 cm³/mol. The molecule has 0 aliphatic heterocycles. The Morgan fingerprint density at radius 3 is 2.44 bits per heavy atom. The van der Waals surface area contributed by atoms with Crippen LogP contribution in [0.3, 0.4) is 0 Å². The molecule has 2 aromatic rings. The van der Waals surface area contributed by atoms with E-state index >= 15 is 0 Å². The maximum atomic E-state index is 11.6. The Morgan fingerprint density at radius 2 is 1.70 bits per heavy atom. The molecule has 0 saturated heterocycles. The lowest BCUT2D eigenvalue weighted by Gasteiger charge is -2.10.